The Morgan fingerprint density at radius 2 is 2.25 bits per heavy atom. The van der Waals surface area contributed by atoms with E-state index < -0.39 is 0 Å². The third-order valence-electron chi connectivity index (χ3n) is 3.71. The molecule has 3 N–H and O–H groups in total. The Kier molecular flexibility index (Phi) is 3.28. The van der Waals surface area contributed by atoms with E-state index in [9.17, 15) is 4.79 Å². The number of likely N-dealkylation sites (tertiary alicyclic amines) is 1. The maximum Gasteiger partial charge on any atom is 0.223 e. The lowest BCUT2D eigenvalue weighted by Gasteiger charge is -2.18. The van der Waals surface area contributed by atoms with Crippen molar-refractivity contribution < 1.29 is 4.79 Å². The summed E-state index contributed by atoms with van der Waals surface area (Å²) in [6.45, 7) is 3.45. The van der Waals surface area contributed by atoms with Crippen LogP contribution in [-0.2, 0) is 11.3 Å². The van der Waals surface area contributed by atoms with Gasteiger partial charge in [-0.25, -0.2) is 10.8 Å². The minimum absolute atomic E-state index is 0.202. The molecule has 0 aliphatic carbocycles. The zero-order chi connectivity index (χ0) is 14.1. The third kappa shape index (κ3) is 2.32. The number of nitrogens with one attached hydrogen (secondary N) is 1. The standard InChI is InChI=1S/C15H18N4O/c1-10-6-14(20)19(8-10)9-12-7-11-4-2-3-5-13(11)17-15(12)18-16/h2-5,7,10H,6,8-9,16H2,1H3,(H,17,18). The number of nitrogen functional groups attached to an aromatic ring is 1. The molecule has 1 unspecified atom stereocenters. The first-order chi connectivity index (χ1) is 9.67. The topological polar surface area (TPSA) is 71.2 Å². The summed E-state index contributed by atoms with van der Waals surface area (Å²) in [6, 6.07) is 9.94. The van der Waals surface area contributed by atoms with Gasteiger partial charge in [0.05, 0.1) is 5.52 Å². The summed E-state index contributed by atoms with van der Waals surface area (Å²) in [5.74, 6) is 6.82. The lowest BCUT2D eigenvalue weighted by molar-refractivity contribution is -0.128. The molecule has 1 saturated heterocycles. The highest BCUT2D eigenvalue weighted by Gasteiger charge is 2.27. The fourth-order valence-electron chi connectivity index (χ4n) is 2.73. The van der Waals surface area contributed by atoms with Crippen LogP contribution in [-0.4, -0.2) is 22.3 Å². The predicted molar refractivity (Wildman–Crippen MR) is 78.8 cm³/mol. The van der Waals surface area contributed by atoms with Crippen molar-refractivity contribution in [3.63, 3.8) is 0 Å². The minimum Gasteiger partial charge on any atom is -0.338 e. The van der Waals surface area contributed by atoms with Crippen molar-refractivity contribution in [3.8, 4) is 0 Å². The van der Waals surface area contributed by atoms with Crippen molar-refractivity contribution in [1.29, 1.82) is 0 Å². The van der Waals surface area contributed by atoms with Crippen molar-refractivity contribution in [2.24, 2.45) is 11.8 Å². The number of carbonyl (C=O) groups excluding carboxylic acids is 1. The lowest BCUT2D eigenvalue weighted by Crippen LogP contribution is -2.25. The van der Waals surface area contributed by atoms with E-state index in [1.807, 2.05) is 35.2 Å². The van der Waals surface area contributed by atoms with Gasteiger partial charge in [0.15, 0.2) is 0 Å². The van der Waals surface area contributed by atoms with Crippen molar-refractivity contribution in [2.45, 2.75) is 19.9 Å². The summed E-state index contributed by atoms with van der Waals surface area (Å²) in [5.41, 5.74) is 4.48. The molecule has 0 saturated carbocycles. The molecular weight excluding hydrogens is 252 g/mol. The Bertz CT molecular complexity index is 655. The first kappa shape index (κ1) is 12.9. The summed E-state index contributed by atoms with van der Waals surface area (Å²) in [7, 11) is 0. The molecule has 1 aromatic heterocycles. The van der Waals surface area contributed by atoms with Crippen LogP contribution in [0.3, 0.4) is 0 Å². The highest BCUT2D eigenvalue weighted by atomic mass is 16.2. The van der Waals surface area contributed by atoms with E-state index in [0.29, 0.717) is 24.7 Å². The number of hydrazine groups is 1. The average molecular weight is 270 g/mol. The van der Waals surface area contributed by atoms with Gasteiger partial charge >= 0.3 is 0 Å². The van der Waals surface area contributed by atoms with E-state index in [1.54, 1.807) is 0 Å². The SMILES string of the molecule is CC1CC(=O)N(Cc2cc3ccccc3nc2NN)C1. The van der Waals surface area contributed by atoms with Gasteiger partial charge in [0.1, 0.15) is 5.82 Å². The second-order valence-corrected chi connectivity index (χ2v) is 5.42. The Morgan fingerprint density at radius 1 is 1.45 bits per heavy atom. The number of amides is 1. The largest absolute Gasteiger partial charge is 0.338 e. The summed E-state index contributed by atoms with van der Waals surface area (Å²) < 4.78 is 0. The lowest BCUT2D eigenvalue weighted by atomic mass is 10.1. The molecule has 1 aliphatic rings. The van der Waals surface area contributed by atoms with Gasteiger partial charge in [-0.2, -0.15) is 0 Å². The van der Waals surface area contributed by atoms with Gasteiger partial charge in [0.25, 0.3) is 0 Å². The first-order valence-electron chi connectivity index (χ1n) is 6.80. The number of fused-ring (bicyclic) bond motifs is 1. The normalized spacial score (nSPS) is 18.8. The van der Waals surface area contributed by atoms with Crippen LogP contribution in [0.4, 0.5) is 5.82 Å². The number of rotatable bonds is 3. The van der Waals surface area contributed by atoms with Gasteiger partial charge in [-0.3, -0.25) is 4.79 Å². The van der Waals surface area contributed by atoms with Crippen molar-refractivity contribution in [3.05, 3.63) is 35.9 Å². The van der Waals surface area contributed by atoms with Crippen LogP contribution < -0.4 is 11.3 Å². The van der Waals surface area contributed by atoms with Crippen LogP contribution in [0, 0.1) is 5.92 Å². The molecule has 1 amide bonds. The fourth-order valence-corrected chi connectivity index (χ4v) is 2.73. The molecule has 2 heterocycles. The van der Waals surface area contributed by atoms with E-state index in [0.717, 1.165) is 23.0 Å². The third-order valence-corrected chi connectivity index (χ3v) is 3.71. The number of pyridine rings is 1. The minimum atomic E-state index is 0.202. The highest BCUT2D eigenvalue weighted by molar-refractivity contribution is 5.82. The second kappa shape index (κ2) is 5.09. The second-order valence-electron chi connectivity index (χ2n) is 5.42. The summed E-state index contributed by atoms with van der Waals surface area (Å²) in [5, 5.41) is 1.06. The smallest absolute Gasteiger partial charge is 0.223 e. The highest BCUT2D eigenvalue weighted by Crippen LogP contribution is 2.24. The van der Waals surface area contributed by atoms with E-state index >= 15 is 0 Å². The van der Waals surface area contributed by atoms with Gasteiger partial charge in [-0.1, -0.05) is 25.1 Å². The number of para-hydroxylation sites is 1. The monoisotopic (exact) mass is 270 g/mol. The zero-order valence-electron chi connectivity index (χ0n) is 11.5. The van der Waals surface area contributed by atoms with Gasteiger partial charge in [0.2, 0.25) is 5.91 Å². The van der Waals surface area contributed by atoms with Crippen molar-refractivity contribution in [1.82, 2.24) is 9.88 Å². The van der Waals surface area contributed by atoms with Gasteiger partial charge < -0.3 is 10.3 Å². The summed E-state index contributed by atoms with van der Waals surface area (Å²) in [6.07, 6.45) is 0.631. The van der Waals surface area contributed by atoms with Gasteiger partial charge in [0, 0.05) is 30.5 Å². The molecule has 1 aromatic carbocycles. The molecule has 5 heteroatoms. The number of hydrogen-bond donors (Lipinski definition) is 2. The van der Waals surface area contributed by atoms with Crippen LogP contribution in [0.5, 0.6) is 0 Å². The fraction of sp³-hybridized carbons (Fsp3) is 0.333. The van der Waals surface area contributed by atoms with Crippen LogP contribution in [0.1, 0.15) is 18.9 Å². The van der Waals surface area contributed by atoms with E-state index in [1.165, 1.54) is 0 Å². The van der Waals surface area contributed by atoms with Gasteiger partial charge in [-0.05, 0) is 18.1 Å². The molecule has 5 nitrogen and oxygen atoms in total. The molecule has 20 heavy (non-hydrogen) atoms. The molecule has 0 spiro atoms. The Morgan fingerprint density at radius 3 is 2.95 bits per heavy atom. The predicted octanol–water partition coefficient (Wildman–Crippen LogP) is 1.89. The molecule has 1 fully saturated rings. The number of nitrogens with zero attached hydrogens (tertiary/aromatic N) is 2. The molecule has 0 radical (unpaired) electrons. The zero-order valence-corrected chi connectivity index (χ0v) is 11.5. The van der Waals surface area contributed by atoms with E-state index in [4.69, 9.17) is 5.84 Å². The maximum absolute atomic E-state index is 11.9. The van der Waals surface area contributed by atoms with Crippen LogP contribution in [0.25, 0.3) is 10.9 Å². The van der Waals surface area contributed by atoms with Crippen molar-refractivity contribution in [2.75, 3.05) is 12.0 Å². The number of aromatic nitrogens is 1. The number of hydrogen-bond acceptors (Lipinski definition) is 4. The summed E-state index contributed by atoms with van der Waals surface area (Å²) >= 11 is 0. The van der Waals surface area contributed by atoms with Crippen LogP contribution in [0.15, 0.2) is 30.3 Å². The number of nitrogens with two attached hydrogens (primary N) is 1. The van der Waals surface area contributed by atoms with Crippen LogP contribution in [0.2, 0.25) is 0 Å². The van der Waals surface area contributed by atoms with E-state index in [-0.39, 0.29) is 5.91 Å². The molecule has 1 aliphatic heterocycles. The number of carbonyl (C=O) groups is 1. The summed E-state index contributed by atoms with van der Waals surface area (Å²) in [4.78, 5) is 18.3. The molecule has 1 atom stereocenters. The Labute approximate surface area is 117 Å². The van der Waals surface area contributed by atoms with E-state index in [2.05, 4.69) is 17.3 Å². The molecule has 2 aromatic rings. The first-order valence-corrected chi connectivity index (χ1v) is 6.80. The number of anilines is 1. The maximum atomic E-state index is 11.9. The molecule has 3 rings (SSSR count). The molecule has 0 bridgehead atoms. The van der Waals surface area contributed by atoms with Gasteiger partial charge in [-0.15, -0.1) is 0 Å². The van der Waals surface area contributed by atoms with Crippen molar-refractivity contribution >= 4 is 22.6 Å². The van der Waals surface area contributed by atoms with Crippen LogP contribution >= 0.6 is 0 Å². The molecule has 104 valence electrons. The Hall–Kier alpha value is -2.14. The average Bonchev–Trinajstić information content (AvgIpc) is 2.76. The molecular formula is C15H18N4O. The Balaban J connectivity index is 1.95. The quantitative estimate of drug-likeness (QED) is 0.660. The number of benzene rings is 1.